The molecule has 0 aromatic rings. The average molecular weight is 136 g/mol. The fourth-order valence-electron chi connectivity index (χ4n) is 0.842. The molecule has 0 fully saturated rings. The predicted octanol–water partition coefficient (Wildman–Crippen LogP) is 3.48. The van der Waals surface area contributed by atoms with E-state index in [1.807, 2.05) is 0 Å². The second kappa shape index (κ2) is 5.04. The number of rotatable bonds is 4. The van der Waals surface area contributed by atoms with Crippen LogP contribution in [-0.2, 0) is 0 Å². The van der Waals surface area contributed by atoms with Crippen LogP contribution in [0.3, 0.4) is 0 Å². The van der Waals surface area contributed by atoms with Crippen LogP contribution < -0.4 is 0 Å². The fourth-order valence-corrected chi connectivity index (χ4v) is 0.842. The van der Waals surface area contributed by atoms with E-state index in [9.17, 15) is 0 Å². The van der Waals surface area contributed by atoms with E-state index in [4.69, 9.17) is 0 Å². The Labute approximate surface area is 64.0 Å². The molecule has 0 aliphatic rings. The van der Waals surface area contributed by atoms with Gasteiger partial charge >= 0.3 is 0 Å². The molecule has 0 saturated carbocycles. The van der Waals surface area contributed by atoms with Gasteiger partial charge in [-0.05, 0) is 18.9 Å². The van der Waals surface area contributed by atoms with Crippen molar-refractivity contribution in [3.8, 4) is 0 Å². The van der Waals surface area contributed by atoms with Gasteiger partial charge in [-0.25, -0.2) is 0 Å². The molecule has 56 valence electrons. The summed E-state index contributed by atoms with van der Waals surface area (Å²) < 4.78 is 0. The normalized spacial score (nSPS) is 11.2. The Kier molecular flexibility index (Phi) is 4.65. The molecule has 0 rings (SSSR count). The van der Waals surface area contributed by atoms with Crippen LogP contribution in [0.1, 0.15) is 26.7 Å². The highest BCUT2D eigenvalue weighted by Crippen LogP contribution is 2.06. The van der Waals surface area contributed by atoms with Gasteiger partial charge in [-0.15, -0.1) is 0 Å². The van der Waals surface area contributed by atoms with Gasteiger partial charge in [0, 0.05) is 0 Å². The molecule has 0 aliphatic heterocycles. The molecule has 0 aliphatic carbocycles. The van der Waals surface area contributed by atoms with Crippen molar-refractivity contribution in [1.29, 1.82) is 0 Å². The Morgan fingerprint density at radius 3 is 2.50 bits per heavy atom. The summed E-state index contributed by atoms with van der Waals surface area (Å²) in [4.78, 5) is 0. The molecule has 0 atom stereocenters. The van der Waals surface area contributed by atoms with E-state index in [1.54, 1.807) is 6.08 Å². The molecule has 0 aromatic carbocycles. The number of allylic oxidation sites excluding steroid dienone is 4. The van der Waals surface area contributed by atoms with Crippen LogP contribution in [0, 0.1) is 0 Å². The molecule has 0 heterocycles. The van der Waals surface area contributed by atoms with Gasteiger partial charge in [-0.2, -0.15) is 0 Å². The zero-order valence-electron chi connectivity index (χ0n) is 6.98. The lowest BCUT2D eigenvalue weighted by Gasteiger charge is -1.96. The minimum Gasteiger partial charge on any atom is -0.0985 e. The van der Waals surface area contributed by atoms with Gasteiger partial charge in [0.2, 0.25) is 0 Å². The van der Waals surface area contributed by atoms with Crippen molar-refractivity contribution in [2.24, 2.45) is 0 Å². The van der Waals surface area contributed by atoms with Crippen LogP contribution in [0.25, 0.3) is 0 Å². The summed E-state index contributed by atoms with van der Waals surface area (Å²) in [5, 5.41) is 0. The third-order valence-electron chi connectivity index (χ3n) is 1.34. The van der Waals surface area contributed by atoms with Crippen LogP contribution in [0.15, 0.2) is 36.5 Å². The third kappa shape index (κ3) is 4.13. The first-order valence-electron chi connectivity index (χ1n) is 3.69. The Balaban J connectivity index is 3.89. The predicted molar refractivity (Wildman–Crippen MR) is 48.0 cm³/mol. The first-order valence-corrected chi connectivity index (χ1v) is 3.69. The van der Waals surface area contributed by atoms with Crippen LogP contribution >= 0.6 is 0 Å². The van der Waals surface area contributed by atoms with Crippen LogP contribution in [0.2, 0.25) is 0 Å². The van der Waals surface area contributed by atoms with Crippen molar-refractivity contribution >= 4 is 0 Å². The van der Waals surface area contributed by atoms with Crippen LogP contribution in [0.4, 0.5) is 0 Å². The minimum atomic E-state index is 1.01. The monoisotopic (exact) mass is 136 g/mol. The van der Waals surface area contributed by atoms with Gasteiger partial charge in [0.15, 0.2) is 0 Å². The summed E-state index contributed by atoms with van der Waals surface area (Å²) in [6, 6.07) is 0. The fraction of sp³-hybridized carbons (Fsp3) is 0.400. The van der Waals surface area contributed by atoms with Gasteiger partial charge < -0.3 is 0 Å². The van der Waals surface area contributed by atoms with Gasteiger partial charge in [0.25, 0.3) is 0 Å². The molecule has 0 amide bonds. The summed E-state index contributed by atoms with van der Waals surface area (Å²) >= 11 is 0. The van der Waals surface area contributed by atoms with E-state index in [-0.39, 0.29) is 0 Å². The zero-order valence-corrected chi connectivity index (χ0v) is 6.98. The van der Waals surface area contributed by atoms with Crippen molar-refractivity contribution in [3.63, 3.8) is 0 Å². The Bertz CT molecular complexity index is 149. The average Bonchev–Trinajstić information content (AvgIpc) is 1.88. The summed E-state index contributed by atoms with van der Waals surface area (Å²) in [6.45, 7) is 11.7. The SMILES string of the molecule is C=CC(=C)/C=C(/C)CCC. The molecule has 0 N–H and O–H groups in total. The van der Waals surface area contributed by atoms with Gasteiger partial charge in [0.1, 0.15) is 0 Å². The lowest BCUT2D eigenvalue weighted by molar-refractivity contribution is 0.905. The molecule has 10 heavy (non-hydrogen) atoms. The molecule has 0 aromatic heterocycles. The molecule has 0 radical (unpaired) electrons. The standard InChI is InChI=1S/C10H16/c1-5-7-10(4)8-9(3)6-2/h6,8H,2-3,5,7H2,1,4H3/b10-8-. The topological polar surface area (TPSA) is 0 Å². The number of hydrogen-bond donors (Lipinski definition) is 0. The lowest BCUT2D eigenvalue weighted by Crippen LogP contribution is -1.75. The molecule has 0 unspecified atom stereocenters. The van der Waals surface area contributed by atoms with Crippen LogP contribution in [-0.4, -0.2) is 0 Å². The highest BCUT2D eigenvalue weighted by Gasteiger charge is 1.86. The van der Waals surface area contributed by atoms with E-state index >= 15 is 0 Å². The molecule has 0 spiro atoms. The summed E-state index contributed by atoms with van der Waals surface area (Å²) in [5.41, 5.74) is 2.39. The summed E-state index contributed by atoms with van der Waals surface area (Å²) in [5.74, 6) is 0. The summed E-state index contributed by atoms with van der Waals surface area (Å²) in [6.07, 6.45) is 6.22. The van der Waals surface area contributed by atoms with Gasteiger partial charge in [-0.3, -0.25) is 0 Å². The molecular weight excluding hydrogens is 120 g/mol. The van der Waals surface area contributed by atoms with Crippen molar-refractivity contribution in [2.45, 2.75) is 26.7 Å². The maximum atomic E-state index is 3.80. The van der Waals surface area contributed by atoms with Crippen molar-refractivity contribution in [3.05, 3.63) is 36.5 Å². The quantitative estimate of drug-likeness (QED) is 0.519. The second-order valence-electron chi connectivity index (χ2n) is 2.52. The molecule has 0 saturated heterocycles. The first kappa shape index (κ1) is 9.22. The number of hydrogen-bond acceptors (Lipinski definition) is 0. The Morgan fingerprint density at radius 1 is 1.50 bits per heavy atom. The summed E-state index contributed by atoms with van der Waals surface area (Å²) in [7, 11) is 0. The minimum absolute atomic E-state index is 1.01. The Morgan fingerprint density at radius 2 is 2.10 bits per heavy atom. The lowest BCUT2D eigenvalue weighted by atomic mass is 10.1. The van der Waals surface area contributed by atoms with Crippen LogP contribution in [0.5, 0.6) is 0 Å². The van der Waals surface area contributed by atoms with Crippen molar-refractivity contribution in [1.82, 2.24) is 0 Å². The van der Waals surface area contributed by atoms with Gasteiger partial charge in [0.05, 0.1) is 0 Å². The molecule has 0 heteroatoms. The molecule has 0 nitrogen and oxygen atoms in total. The van der Waals surface area contributed by atoms with Crippen molar-refractivity contribution < 1.29 is 0 Å². The Hall–Kier alpha value is -0.780. The maximum absolute atomic E-state index is 3.80. The zero-order chi connectivity index (χ0) is 7.98. The largest absolute Gasteiger partial charge is 0.0985 e. The highest BCUT2D eigenvalue weighted by atomic mass is 13.9. The van der Waals surface area contributed by atoms with Gasteiger partial charge in [-0.1, -0.05) is 44.2 Å². The van der Waals surface area contributed by atoms with E-state index in [0.717, 1.165) is 12.0 Å². The smallest absolute Gasteiger partial charge is 0.0322 e. The van der Waals surface area contributed by atoms with E-state index < -0.39 is 0 Å². The van der Waals surface area contributed by atoms with E-state index in [1.165, 1.54) is 12.0 Å². The highest BCUT2D eigenvalue weighted by molar-refractivity contribution is 5.28. The maximum Gasteiger partial charge on any atom is -0.0322 e. The van der Waals surface area contributed by atoms with Crippen molar-refractivity contribution in [2.75, 3.05) is 0 Å². The van der Waals surface area contributed by atoms with E-state index in [2.05, 4.69) is 33.1 Å². The first-order chi connectivity index (χ1) is 4.70. The van der Waals surface area contributed by atoms with E-state index in [0.29, 0.717) is 0 Å². The molecule has 0 bridgehead atoms. The third-order valence-corrected chi connectivity index (χ3v) is 1.34. The second-order valence-corrected chi connectivity index (χ2v) is 2.52. The molecular formula is C10H16.